The van der Waals surface area contributed by atoms with E-state index in [-0.39, 0.29) is 23.9 Å². The molecular formula is C19H23N5O2. The molecule has 1 saturated carbocycles. The summed E-state index contributed by atoms with van der Waals surface area (Å²) < 4.78 is 12.0. The van der Waals surface area contributed by atoms with Crippen molar-refractivity contribution >= 4 is 11.7 Å². The Balaban J connectivity index is 1.47. The van der Waals surface area contributed by atoms with Gasteiger partial charge in [0.05, 0.1) is 18.4 Å². The van der Waals surface area contributed by atoms with Crippen molar-refractivity contribution in [2.45, 2.75) is 37.9 Å². The fourth-order valence-electron chi connectivity index (χ4n) is 2.98. The Morgan fingerprint density at radius 2 is 1.35 bits per heavy atom. The van der Waals surface area contributed by atoms with Gasteiger partial charge in [0, 0.05) is 5.56 Å². The van der Waals surface area contributed by atoms with Crippen LogP contribution in [0.2, 0.25) is 0 Å². The molecule has 3 rings (SSSR count). The van der Waals surface area contributed by atoms with Crippen LogP contribution in [0.4, 0.5) is 0 Å². The van der Waals surface area contributed by atoms with Crippen molar-refractivity contribution in [2.24, 2.45) is 11.5 Å². The second-order valence-electron chi connectivity index (χ2n) is 6.37. The molecule has 136 valence electrons. The monoisotopic (exact) mass is 353 g/mol. The van der Waals surface area contributed by atoms with E-state index < -0.39 is 0 Å². The fourth-order valence-corrected chi connectivity index (χ4v) is 2.98. The van der Waals surface area contributed by atoms with E-state index in [0.717, 1.165) is 31.4 Å². The molecule has 1 heterocycles. The molecule has 1 aliphatic rings. The second kappa shape index (κ2) is 7.86. The summed E-state index contributed by atoms with van der Waals surface area (Å²) in [6.45, 7) is 0. The zero-order valence-corrected chi connectivity index (χ0v) is 14.4. The largest absolute Gasteiger partial charge is 0.490 e. The van der Waals surface area contributed by atoms with Crippen LogP contribution in [0.1, 0.15) is 36.9 Å². The minimum absolute atomic E-state index is 0.0504. The molecule has 7 heteroatoms. The van der Waals surface area contributed by atoms with Crippen LogP contribution in [0.25, 0.3) is 0 Å². The highest BCUT2D eigenvalue weighted by atomic mass is 16.5. The SMILES string of the molecule is N=C(N)c1ccc(OC2CCC(Oc3ccc(C(=N)N)nc3)CC2)cc1. The molecule has 0 spiro atoms. The van der Waals surface area contributed by atoms with Crippen molar-refractivity contribution in [3.05, 3.63) is 53.9 Å². The Morgan fingerprint density at radius 1 is 0.808 bits per heavy atom. The van der Waals surface area contributed by atoms with Gasteiger partial charge in [-0.2, -0.15) is 0 Å². The molecule has 2 aromatic rings. The third kappa shape index (κ3) is 4.50. The molecule has 0 atom stereocenters. The third-order valence-corrected chi connectivity index (χ3v) is 4.40. The number of benzene rings is 1. The van der Waals surface area contributed by atoms with Crippen LogP contribution in [0.15, 0.2) is 42.6 Å². The molecule has 1 aliphatic carbocycles. The summed E-state index contributed by atoms with van der Waals surface area (Å²) in [7, 11) is 0. The summed E-state index contributed by atoms with van der Waals surface area (Å²) >= 11 is 0. The topological polar surface area (TPSA) is 131 Å². The van der Waals surface area contributed by atoms with Crippen LogP contribution in [-0.2, 0) is 0 Å². The van der Waals surface area contributed by atoms with Crippen LogP contribution < -0.4 is 20.9 Å². The smallest absolute Gasteiger partial charge is 0.141 e. The summed E-state index contributed by atoms with van der Waals surface area (Å²) in [5, 5.41) is 14.8. The maximum atomic E-state index is 7.41. The number of pyridine rings is 1. The lowest BCUT2D eigenvalue weighted by atomic mass is 9.95. The number of nitrogens with zero attached hydrogens (tertiary/aromatic N) is 1. The number of hydrogen-bond acceptors (Lipinski definition) is 5. The highest BCUT2D eigenvalue weighted by molar-refractivity contribution is 5.95. The van der Waals surface area contributed by atoms with Crippen molar-refractivity contribution in [3.8, 4) is 11.5 Å². The molecule has 6 N–H and O–H groups in total. The van der Waals surface area contributed by atoms with Gasteiger partial charge < -0.3 is 20.9 Å². The van der Waals surface area contributed by atoms with Gasteiger partial charge in [0.15, 0.2) is 0 Å². The lowest BCUT2D eigenvalue weighted by Crippen LogP contribution is -2.30. The van der Waals surface area contributed by atoms with Crippen LogP contribution in [0, 0.1) is 10.8 Å². The molecule has 0 unspecified atom stereocenters. The van der Waals surface area contributed by atoms with Crippen molar-refractivity contribution in [2.75, 3.05) is 0 Å². The van der Waals surface area contributed by atoms with Crippen molar-refractivity contribution in [1.29, 1.82) is 10.8 Å². The lowest BCUT2D eigenvalue weighted by molar-refractivity contribution is 0.0804. The van der Waals surface area contributed by atoms with E-state index in [1.54, 1.807) is 30.5 Å². The highest BCUT2D eigenvalue weighted by Crippen LogP contribution is 2.27. The Hall–Kier alpha value is -3.09. The van der Waals surface area contributed by atoms with E-state index >= 15 is 0 Å². The Bertz CT molecular complexity index is 698. The van der Waals surface area contributed by atoms with Crippen LogP contribution in [0.3, 0.4) is 0 Å². The average molecular weight is 353 g/mol. The van der Waals surface area contributed by atoms with E-state index in [0.29, 0.717) is 17.0 Å². The van der Waals surface area contributed by atoms with Gasteiger partial charge in [0.25, 0.3) is 0 Å². The molecule has 0 saturated heterocycles. The zero-order valence-electron chi connectivity index (χ0n) is 14.4. The minimum Gasteiger partial charge on any atom is -0.490 e. The number of nitrogen functional groups attached to an aromatic ring is 2. The molecular weight excluding hydrogens is 330 g/mol. The van der Waals surface area contributed by atoms with Crippen molar-refractivity contribution < 1.29 is 9.47 Å². The van der Waals surface area contributed by atoms with Gasteiger partial charge in [-0.25, -0.2) is 4.98 Å². The summed E-state index contributed by atoms with van der Waals surface area (Å²) in [6, 6.07) is 10.8. The maximum Gasteiger partial charge on any atom is 0.141 e. The van der Waals surface area contributed by atoms with Gasteiger partial charge in [-0.15, -0.1) is 0 Å². The first-order chi connectivity index (χ1) is 12.5. The first-order valence-corrected chi connectivity index (χ1v) is 8.59. The van der Waals surface area contributed by atoms with Gasteiger partial charge in [-0.05, 0) is 62.1 Å². The van der Waals surface area contributed by atoms with Gasteiger partial charge in [-0.1, -0.05) is 0 Å². The van der Waals surface area contributed by atoms with Gasteiger partial charge >= 0.3 is 0 Å². The molecule has 0 radical (unpaired) electrons. The molecule has 1 aromatic carbocycles. The van der Waals surface area contributed by atoms with Gasteiger partial charge in [0.1, 0.15) is 28.9 Å². The number of hydrogen-bond donors (Lipinski definition) is 4. The number of rotatable bonds is 6. The molecule has 1 aromatic heterocycles. The Kier molecular flexibility index (Phi) is 5.36. The van der Waals surface area contributed by atoms with E-state index in [4.69, 9.17) is 31.8 Å². The summed E-state index contributed by atoms with van der Waals surface area (Å²) in [6.07, 6.45) is 5.55. The number of nitrogens with two attached hydrogens (primary N) is 2. The molecule has 0 aliphatic heterocycles. The second-order valence-corrected chi connectivity index (χ2v) is 6.37. The van der Waals surface area contributed by atoms with Gasteiger partial charge in [0.2, 0.25) is 0 Å². The fraction of sp³-hybridized carbons (Fsp3) is 0.316. The normalized spacial score (nSPS) is 19.5. The number of nitrogens with one attached hydrogen (secondary N) is 2. The van der Waals surface area contributed by atoms with Crippen LogP contribution in [-0.4, -0.2) is 28.9 Å². The van der Waals surface area contributed by atoms with Gasteiger partial charge in [-0.3, -0.25) is 10.8 Å². The average Bonchev–Trinajstić information content (AvgIpc) is 2.64. The molecule has 0 amide bonds. The zero-order chi connectivity index (χ0) is 18.5. The van der Waals surface area contributed by atoms with E-state index in [2.05, 4.69) is 4.98 Å². The number of ether oxygens (including phenoxy) is 2. The predicted molar refractivity (Wildman–Crippen MR) is 100 cm³/mol. The van der Waals surface area contributed by atoms with Crippen molar-refractivity contribution in [1.82, 2.24) is 4.98 Å². The first kappa shape index (κ1) is 17.7. The molecule has 0 bridgehead atoms. The van der Waals surface area contributed by atoms with E-state index in [9.17, 15) is 0 Å². The summed E-state index contributed by atoms with van der Waals surface area (Å²) in [5.41, 5.74) is 12.0. The number of aromatic nitrogens is 1. The molecule has 7 nitrogen and oxygen atoms in total. The number of amidine groups is 2. The Morgan fingerprint density at radius 3 is 1.81 bits per heavy atom. The highest BCUT2D eigenvalue weighted by Gasteiger charge is 2.23. The minimum atomic E-state index is -0.0504. The predicted octanol–water partition coefficient (Wildman–Crippen LogP) is 2.42. The Labute approximate surface area is 152 Å². The maximum absolute atomic E-state index is 7.41. The molecule has 1 fully saturated rings. The third-order valence-electron chi connectivity index (χ3n) is 4.40. The molecule has 26 heavy (non-hydrogen) atoms. The van der Waals surface area contributed by atoms with Crippen LogP contribution >= 0.6 is 0 Å². The van der Waals surface area contributed by atoms with E-state index in [1.165, 1.54) is 0 Å². The first-order valence-electron chi connectivity index (χ1n) is 8.59. The van der Waals surface area contributed by atoms with E-state index in [1.807, 2.05) is 12.1 Å². The quantitative estimate of drug-likeness (QED) is 0.468. The van der Waals surface area contributed by atoms with Crippen molar-refractivity contribution in [3.63, 3.8) is 0 Å². The van der Waals surface area contributed by atoms with Crippen LogP contribution in [0.5, 0.6) is 11.5 Å². The lowest BCUT2D eigenvalue weighted by Gasteiger charge is -2.29. The summed E-state index contributed by atoms with van der Waals surface area (Å²) in [5.74, 6) is 1.49. The summed E-state index contributed by atoms with van der Waals surface area (Å²) in [4.78, 5) is 4.11. The standard InChI is InChI=1S/C19H23N5O2/c20-18(21)12-1-3-13(4-2-12)25-14-5-7-15(8-6-14)26-16-9-10-17(19(22)23)24-11-16/h1-4,9-11,14-15H,5-8H2,(H3,20,21)(H3,22,23).